The van der Waals surface area contributed by atoms with E-state index in [0.717, 1.165) is 116 Å². The zero-order valence-electron chi connectivity index (χ0n) is 48.3. The van der Waals surface area contributed by atoms with Crippen molar-refractivity contribution in [1.82, 2.24) is 5.32 Å². The fourth-order valence-corrected chi connectivity index (χ4v) is 9.09. The number of phosphoric ester groups is 1. The maximum Gasteiger partial charge on any atom is 0.306 e. The summed E-state index contributed by atoms with van der Waals surface area (Å²) in [7, 11) is 1.17. The van der Waals surface area contributed by atoms with Gasteiger partial charge in [0.05, 0.1) is 33.8 Å². The largest absolute Gasteiger partial charge is 0.756 e. The summed E-state index contributed by atoms with van der Waals surface area (Å²) >= 11 is 0. The lowest BCUT2D eigenvalue weighted by atomic mass is 10.0. The number of rotatable bonds is 54. The van der Waals surface area contributed by atoms with Gasteiger partial charge in [-0.2, -0.15) is 0 Å². The number of ether oxygens (including phenoxy) is 1. The number of allylic oxidation sites excluding steroid dienone is 11. The molecule has 0 bridgehead atoms. The first-order valence-electron chi connectivity index (χ1n) is 30.2. The standard InChI is InChI=1S/C63H115N2O7P/c1-7-10-13-16-19-22-25-27-28-29-30-31-32-33-34-35-36-38-41-43-46-49-52-55-62(66)64-60(59-71-73(68,69)70-58-57-65(4,5)6)61(54-51-48-45-42-40-37-26-23-20-17-14-11-8-2)72-63(67)56-53-50-47-44-39-24-21-18-15-12-9-3/h18-19,21-22,27-28,30-31,33-34,51,54,60-61H,7-17,20,23-26,29,32,35-50,52-53,55-59H2,1-6H3,(H-,64,66,68,69)/b21-18-,22-19-,28-27-,31-30-,34-33-,54-51+. The number of esters is 1. The number of hydrogen-bond donors (Lipinski definition) is 1. The van der Waals surface area contributed by atoms with E-state index in [-0.39, 0.29) is 24.9 Å². The van der Waals surface area contributed by atoms with Gasteiger partial charge >= 0.3 is 5.97 Å². The molecule has 0 aromatic heterocycles. The van der Waals surface area contributed by atoms with Crippen molar-refractivity contribution in [2.24, 2.45) is 0 Å². The van der Waals surface area contributed by atoms with Crippen LogP contribution >= 0.6 is 7.82 Å². The lowest BCUT2D eigenvalue weighted by Gasteiger charge is -2.30. The number of carbonyl (C=O) groups is 2. The van der Waals surface area contributed by atoms with Gasteiger partial charge in [0.2, 0.25) is 5.91 Å². The van der Waals surface area contributed by atoms with Gasteiger partial charge in [-0.15, -0.1) is 0 Å². The van der Waals surface area contributed by atoms with Gasteiger partial charge in [-0.3, -0.25) is 14.2 Å². The zero-order chi connectivity index (χ0) is 53.6. The van der Waals surface area contributed by atoms with Crippen LogP contribution in [0.1, 0.15) is 265 Å². The maximum atomic E-state index is 13.5. The van der Waals surface area contributed by atoms with E-state index in [9.17, 15) is 19.0 Å². The molecule has 0 aliphatic carbocycles. The Labute approximate surface area is 451 Å². The van der Waals surface area contributed by atoms with E-state index in [1.807, 2.05) is 33.3 Å². The number of hydrogen-bond acceptors (Lipinski definition) is 7. The Balaban J connectivity index is 5.23. The van der Waals surface area contributed by atoms with Crippen LogP contribution < -0.4 is 10.2 Å². The number of amides is 1. The van der Waals surface area contributed by atoms with Crippen molar-refractivity contribution in [2.75, 3.05) is 40.9 Å². The average molecular weight is 1040 g/mol. The van der Waals surface area contributed by atoms with Gasteiger partial charge in [0.25, 0.3) is 7.82 Å². The smallest absolute Gasteiger partial charge is 0.306 e. The molecule has 424 valence electrons. The Bertz CT molecular complexity index is 1480. The van der Waals surface area contributed by atoms with Gasteiger partial charge in [0.1, 0.15) is 19.3 Å². The number of phosphoric acid groups is 1. The van der Waals surface area contributed by atoms with Crippen LogP contribution in [0.4, 0.5) is 0 Å². The SMILES string of the molecule is CCCC/C=C\CCCCCCCC(=O)OC(/C=C/CCCCCCCCCCCCC)C(COP(=O)([O-])OCC[N+](C)(C)C)NC(=O)CCCCCCCCC/C=C\C/C=C\C/C=C\C/C=C\CCCCC. The van der Waals surface area contributed by atoms with Crippen LogP contribution in [-0.2, 0) is 27.9 Å². The van der Waals surface area contributed by atoms with E-state index in [1.165, 1.54) is 116 Å². The second-order valence-electron chi connectivity index (χ2n) is 21.5. The maximum absolute atomic E-state index is 13.5. The first kappa shape index (κ1) is 70.5. The molecule has 0 saturated carbocycles. The summed E-state index contributed by atoms with van der Waals surface area (Å²) in [6.07, 6.45) is 67.2. The molecule has 0 radical (unpaired) electrons. The van der Waals surface area contributed by atoms with Crippen LogP contribution in [0.15, 0.2) is 72.9 Å². The summed E-state index contributed by atoms with van der Waals surface area (Å²) in [5.41, 5.74) is 0. The molecule has 0 aliphatic heterocycles. The summed E-state index contributed by atoms with van der Waals surface area (Å²) < 4.78 is 30.2. The zero-order valence-corrected chi connectivity index (χ0v) is 49.2. The third kappa shape index (κ3) is 54.1. The Morgan fingerprint density at radius 3 is 1.33 bits per heavy atom. The number of nitrogens with zero attached hydrogens (tertiary/aromatic N) is 1. The minimum atomic E-state index is -4.70. The van der Waals surface area contributed by atoms with Gasteiger partial charge < -0.3 is 28.5 Å². The number of unbranched alkanes of at least 4 members (excludes halogenated alkanes) is 28. The van der Waals surface area contributed by atoms with Crippen LogP contribution in [-0.4, -0.2) is 69.4 Å². The quantitative estimate of drug-likeness (QED) is 0.0212. The van der Waals surface area contributed by atoms with Crippen molar-refractivity contribution in [3.05, 3.63) is 72.9 Å². The van der Waals surface area contributed by atoms with Gasteiger partial charge in [-0.05, 0) is 96.0 Å². The topological polar surface area (TPSA) is 114 Å². The second-order valence-corrected chi connectivity index (χ2v) is 22.9. The van der Waals surface area contributed by atoms with Crippen LogP contribution in [0, 0.1) is 0 Å². The van der Waals surface area contributed by atoms with E-state index in [2.05, 4.69) is 86.8 Å². The van der Waals surface area contributed by atoms with Crippen molar-refractivity contribution >= 4 is 19.7 Å². The number of quaternary nitrogens is 1. The van der Waals surface area contributed by atoms with Crippen LogP contribution in [0.25, 0.3) is 0 Å². The first-order valence-corrected chi connectivity index (χ1v) is 31.7. The molecule has 1 N–H and O–H groups in total. The molecule has 9 nitrogen and oxygen atoms in total. The first-order chi connectivity index (χ1) is 35.4. The molecular formula is C63H115N2O7P. The molecule has 10 heteroatoms. The molecule has 0 fully saturated rings. The van der Waals surface area contributed by atoms with Crippen molar-refractivity contribution in [1.29, 1.82) is 0 Å². The third-order valence-corrected chi connectivity index (χ3v) is 14.1. The Morgan fingerprint density at radius 2 is 0.849 bits per heavy atom. The molecule has 1 amide bonds. The second kappa shape index (κ2) is 52.9. The van der Waals surface area contributed by atoms with Gasteiger partial charge in [-0.1, -0.05) is 229 Å². The highest BCUT2D eigenvalue weighted by atomic mass is 31.2. The Kier molecular flexibility index (Phi) is 51.0. The summed E-state index contributed by atoms with van der Waals surface area (Å²) in [5.74, 6) is -0.564. The molecule has 0 aromatic rings. The molecule has 3 atom stereocenters. The summed E-state index contributed by atoms with van der Waals surface area (Å²) in [6.45, 7) is 6.76. The molecular weight excluding hydrogens is 928 g/mol. The van der Waals surface area contributed by atoms with E-state index < -0.39 is 26.6 Å². The fourth-order valence-electron chi connectivity index (χ4n) is 8.37. The summed E-state index contributed by atoms with van der Waals surface area (Å²) in [4.78, 5) is 39.9. The lowest BCUT2D eigenvalue weighted by molar-refractivity contribution is -0.870. The molecule has 0 aromatic carbocycles. The average Bonchev–Trinajstić information content (AvgIpc) is 3.35. The monoisotopic (exact) mass is 1040 g/mol. The van der Waals surface area contributed by atoms with Gasteiger partial charge in [0, 0.05) is 12.8 Å². The van der Waals surface area contributed by atoms with E-state index >= 15 is 0 Å². The minimum absolute atomic E-state index is 0.0282. The summed E-state index contributed by atoms with van der Waals surface area (Å²) in [5, 5.41) is 3.02. The predicted molar refractivity (Wildman–Crippen MR) is 312 cm³/mol. The molecule has 0 rings (SSSR count). The van der Waals surface area contributed by atoms with Crippen molar-refractivity contribution in [3.8, 4) is 0 Å². The van der Waals surface area contributed by atoms with Crippen LogP contribution in [0.2, 0.25) is 0 Å². The molecule has 73 heavy (non-hydrogen) atoms. The predicted octanol–water partition coefficient (Wildman–Crippen LogP) is 17.8. The normalized spacial score (nSPS) is 14.2. The van der Waals surface area contributed by atoms with Crippen molar-refractivity contribution in [2.45, 2.75) is 277 Å². The van der Waals surface area contributed by atoms with E-state index in [4.69, 9.17) is 13.8 Å². The van der Waals surface area contributed by atoms with Crippen LogP contribution in [0.5, 0.6) is 0 Å². The Hall–Kier alpha value is -2.55. The highest BCUT2D eigenvalue weighted by Crippen LogP contribution is 2.38. The number of likely N-dealkylation sites (N-methyl/N-ethyl adjacent to an activating group) is 1. The van der Waals surface area contributed by atoms with Gasteiger partial charge in [-0.25, -0.2) is 0 Å². The molecule has 3 unspecified atom stereocenters. The van der Waals surface area contributed by atoms with E-state index in [0.29, 0.717) is 17.4 Å². The highest BCUT2D eigenvalue weighted by molar-refractivity contribution is 7.45. The fraction of sp³-hybridized carbons (Fsp3) is 0.778. The van der Waals surface area contributed by atoms with Gasteiger partial charge in [0.15, 0.2) is 0 Å². The highest BCUT2D eigenvalue weighted by Gasteiger charge is 2.27. The van der Waals surface area contributed by atoms with E-state index in [1.54, 1.807) is 0 Å². The molecule has 0 spiro atoms. The summed E-state index contributed by atoms with van der Waals surface area (Å²) in [6, 6.07) is -0.899. The molecule has 0 saturated heterocycles. The van der Waals surface area contributed by atoms with Crippen LogP contribution in [0.3, 0.4) is 0 Å². The minimum Gasteiger partial charge on any atom is -0.756 e. The molecule has 0 aliphatic rings. The van der Waals surface area contributed by atoms with Crippen molar-refractivity contribution in [3.63, 3.8) is 0 Å². The Morgan fingerprint density at radius 1 is 0.479 bits per heavy atom. The number of nitrogens with one attached hydrogen (secondary N) is 1. The van der Waals surface area contributed by atoms with Crippen molar-refractivity contribution < 1.29 is 37.3 Å². The number of carbonyl (C=O) groups excluding carboxylic acids is 2. The third-order valence-electron chi connectivity index (χ3n) is 13.1. The lowest BCUT2D eigenvalue weighted by Crippen LogP contribution is -2.47. The molecule has 0 heterocycles.